The molecule has 0 spiro atoms. The van der Waals surface area contributed by atoms with E-state index in [0.29, 0.717) is 6.42 Å². The molecule has 1 aliphatic carbocycles. The maximum Gasteiger partial charge on any atom is 0.316 e. The van der Waals surface area contributed by atoms with Gasteiger partial charge in [0.25, 0.3) is 0 Å². The summed E-state index contributed by atoms with van der Waals surface area (Å²) in [5.74, 6) is -0.693. The molecule has 3 nitrogen and oxygen atoms in total. The summed E-state index contributed by atoms with van der Waals surface area (Å²) in [4.78, 5) is 24.2. The van der Waals surface area contributed by atoms with Crippen molar-refractivity contribution in [2.24, 2.45) is 11.8 Å². The van der Waals surface area contributed by atoms with Crippen molar-refractivity contribution >= 4 is 11.8 Å². The zero-order valence-electron chi connectivity index (χ0n) is 12.4. The van der Waals surface area contributed by atoms with Crippen LogP contribution < -0.4 is 0 Å². The number of ketones is 1. The van der Waals surface area contributed by atoms with Crippen molar-refractivity contribution in [3.05, 3.63) is 11.6 Å². The predicted molar refractivity (Wildman–Crippen MR) is 75.8 cm³/mol. The zero-order valence-corrected chi connectivity index (χ0v) is 12.4. The number of ether oxygens (including phenoxy) is 1. The van der Waals surface area contributed by atoms with Gasteiger partial charge in [0.1, 0.15) is 11.7 Å². The highest BCUT2D eigenvalue weighted by atomic mass is 16.5. The van der Waals surface area contributed by atoms with Crippen LogP contribution in [0.25, 0.3) is 0 Å². The lowest BCUT2D eigenvalue weighted by Crippen LogP contribution is -2.32. The van der Waals surface area contributed by atoms with Gasteiger partial charge in [-0.2, -0.15) is 0 Å². The maximum absolute atomic E-state index is 12.3. The van der Waals surface area contributed by atoms with E-state index >= 15 is 0 Å². The number of unbranched alkanes of at least 4 members (excludes halogenated alkanes) is 1. The Kier molecular flexibility index (Phi) is 6.82. The van der Waals surface area contributed by atoms with Crippen LogP contribution in [0, 0.1) is 11.8 Å². The molecule has 1 rings (SSSR count). The molecule has 0 saturated heterocycles. The fourth-order valence-corrected chi connectivity index (χ4v) is 2.79. The minimum absolute atomic E-state index is 0.0545. The van der Waals surface area contributed by atoms with Crippen molar-refractivity contribution in [1.29, 1.82) is 0 Å². The second-order valence-corrected chi connectivity index (χ2v) is 5.50. The molecule has 0 aromatic carbocycles. The van der Waals surface area contributed by atoms with Crippen molar-refractivity contribution in [3.8, 4) is 0 Å². The number of esters is 1. The summed E-state index contributed by atoms with van der Waals surface area (Å²) in [5, 5.41) is 0. The first kappa shape index (κ1) is 15.9. The van der Waals surface area contributed by atoms with E-state index in [2.05, 4.69) is 19.9 Å². The Hall–Kier alpha value is -1.12. The van der Waals surface area contributed by atoms with Gasteiger partial charge in [-0.25, -0.2) is 0 Å². The number of carbonyl (C=O) groups is 2. The Balaban J connectivity index is 2.89. The summed E-state index contributed by atoms with van der Waals surface area (Å²) in [7, 11) is 1.38. The number of hydrogen-bond acceptors (Lipinski definition) is 3. The predicted octanol–water partition coefficient (Wildman–Crippen LogP) is 3.67. The van der Waals surface area contributed by atoms with E-state index in [1.54, 1.807) is 0 Å². The second kappa shape index (κ2) is 8.13. The van der Waals surface area contributed by atoms with Crippen LogP contribution in [0.4, 0.5) is 0 Å². The fourth-order valence-electron chi connectivity index (χ4n) is 2.79. The molecule has 0 fully saturated rings. The Bertz CT molecular complexity index is 344. The molecule has 2 atom stereocenters. The van der Waals surface area contributed by atoms with Gasteiger partial charge in [0.2, 0.25) is 0 Å². The van der Waals surface area contributed by atoms with Gasteiger partial charge in [0, 0.05) is 6.42 Å². The third-order valence-corrected chi connectivity index (χ3v) is 3.99. The third-order valence-electron chi connectivity index (χ3n) is 3.99. The van der Waals surface area contributed by atoms with Crippen LogP contribution in [0.5, 0.6) is 0 Å². The Morgan fingerprint density at radius 1 is 1.42 bits per heavy atom. The average molecular weight is 266 g/mol. The fraction of sp³-hybridized carbons (Fsp3) is 0.750. The van der Waals surface area contributed by atoms with E-state index in [9.17, 15) is 9.59 Å². The molecule has 0 amide bonds. The molecule has 0 heterocycles. The van der Waals surface area contributed by atoms with E-state index in [0.717, 1.165) is 38.5 Å². The minimum Gasteiger partial charge on any atom is -0.468 e. The van der Waals surface area contributed by atoms with Gasteiger partial charge in [-0.1, -0.05) is 31.4 Å². The molecule has 0 radical (unpaired) electrons. The summed E-state index contributed by atoms with van der Waals surface area (Å²) in [6.45, 7) is 4.25. The first-order valence-electron chi connectivity index (χ1n) is 7.36. The SMILES string of the molecule is CCCC[C@H]1CCC(C)=CCCC(=O)[C@@H]1C(=O)OC. The van der Waals surface area contributed by atoms with Crippen LogP contribution >= 0.6 is 0 Å². The Morgan fingerprint density at radius 2 is 2.16 bits per heavy atom. The number of Topliss-reactive ketones (excluding diaryl/α,β-unsaturated/α-hetero) is 1. The van der Waals surface area contributed by atoms with Crippen molar-refractivity contribution in [3.63, 3.8) is 0 Å². The summed E-state index contributed by atoms with van der Waals surface area (Å²) in [5.41, 5.74) is 1.33. The molecule has 0 N–H and O–H groups in total. The molecule has 0 saturated carbocycles. The summed E-state index contributed by atoms with van der Waals surface area (Å²) >= 11 is 0. The van der Waals surface area contributed by atoms with E-state index in [1.807, 2.05) is 0 Å². The monoisotopic (exact) mass is 266 g/mol. The van der Waals surface area contributed by atoms with Gasteiger partial charge in [-0.05, 0) is 38.5 Å². The maximum atomic E-state index is 12.3. The number of carbonyl (C=O) groups excluding carboxylic acids is 2. The van der Waals surface area contributed by atoms with Crippen molar-refractivity contribution < 1.29 is 14.3 Å². The summed E-state index contributed by atoms with van der Waals surface area (Å²) in [6.07, 6.45) is 8.33. The largest absolute Gasteiger partial charge is 0.468 e. The van der Waals surface area contributed by atoms with Gasteiger partial charge < -0.3 is 4.74 Å². The topological polar surface area (TPSA) is 43.4 Å². The lowest BCUT2D eigenvalue weighted by Gasteiger charge is -2.23. The van der Waals surface area contributed by atoms with Crippen molar-refractivity contribution in [1.82, 2.24) is 0 Å². The number of rotatable bonds is 4. The van der Waals surface area contributed by atoms with Crippen LogP contribution in [-0.2, 0) is 14.3 Å². The first-order chi connectivity index (χ1) is 9.10. The van der Waals surface area contributed by atoms with Crippen LogP contribution in [0.15, 0.2) is 11.6 Å². The molecule has 1 aliphatic rings. The van der Waals surface area contributed by atoms with E-state index in [-0.39, 0.29) is 17.7 Å². The number of hydrogen-bond donors (Lipinski definition) is 0. The molecule has 0 unspecified atom stereocenters. The standard InChI is InChI=1S/C16H26O3/c1-4-5-8-13-11-10-12(2)7-6-9-14(17)15(13)16(18)19-3/h7,13,15H,4-6,8-11H2,1-3H3/t13-,15+/m0/s1. The van der Waals surface area contributed by atoms with Gasteiger partial charge in [-0.3, -0.25) is 9.59 Å². The van der Waals surface area contributed by atoms with E-state index in [1.165, 1.54) is 12.7 Å². The van der Waals surface area contributed by atoms with Crippen molar-refractivity contribution in [2.45, 2.75) is 58.8 Å². The summed E-state index contributed by atoms with van der Waals surface area (Å²) < 4.78 is 4.86. The third kappa shape index (κ3) is 4.81. The van der Waals surface area contributed by atoms with Crippen LogP contribution in [0.2, 0.25) is 0 Å². The zero-order chi connectivity index (χ0) is 14.3. The van der Waals surface area contributed by atoms with Crippen LogP contribution in [0.1, 0.15) is 58.8 Å². The Morgan fingerprint density at radius 3 is 2.79 bits per heavy atom. The molecule has 0 bridgehead atoms. The molecule has 0 aliphatic heterocycles. The van der Waals surface area contributed by atoms with Gasteiger partial charge >= 0.3 is 5.97 Å². The molecular formula is C16H26O3. The number of methoxy groups -OCH3 is 1. The normalized spacial score (nSPS) is 25.0. The van der Waals surface area contributed by atoms with Gasteiger partial charge in [0.05, 0.1) is 7.11 Å². The first-order valence-corrected chi connectivity index (χ1v) is 7.36. The molecule has 0 aromatic rings. The Labute approximate surface area is 116 Å². The van der Waals surface area contributed by atoms with Crippen LogP contribution in [0.3, 0.4) is 0 Å². The molecule has 3 heteroatoms. The molecule has 19 heavy (non-hydrogen) atoms. The molecule has 0 aromatic heterocycles. The van der Waals surface area contributed by atoms with Gasteiger partial charge in [0.15, 0.2) is 0 Å². The van der Waals surface area contributed by atoms with E-state index in [4.69, 9.17) is 4.74 Å². The smallest absolute Gasteiger partial charge is 0.316 e. The highest BCUT2D eigenvalue weighted by Crippen LogP contribution is 2.30. The van der Waals surface area contributed by atoms with Gasteiger partial charge in [-0.15, -0.1) is 0 Å². The van der Waals surface area contributed by atoms with Crippen LogP contribution in [-0.4, -0.2) is 18.9 Å². The average Bonchev–Trinajstić information content (AvgIpc) is 2.46. The second-order valence-electron chi connectivity index (χ2n) is 5.50. The lowest BCUT2D eigenvalue weighted by molar-refractivity contribution is -0.152. The quantitative estimate of drug-likeness (QED) is 0.443. The summed E-state index contributed by atoms with van der Waals surface area (Å²) in [6, 6.07) is 0. The minimum atomic E-state index is -0.546. The van der Waals surface area contributed by atoms with E-state index < -0.39 is 5.92 Å². The molecule has 108 valence electrons. The highest BCUT2D eigenvalue weighted by Gasteiger charge is 2.34. The highest BCUT2D eigenvalue weighted by molar-refractivity contribution is 5.99. The van der Waals surface area contributed by atoms with Crippen molar-refractivity contribution in [2.75, 3.05) is 7.11 Å². The number of allylic oxidation sites excluding steroid dienone is 2. The molecular weight excluding hydrogens is 240 g/mol. The lowest BCUT2D eigenvalue weighted by atomic mass is 9.81.